The van der Waals surface area contributed by atoms with Crippen LogP contribution < -0.4 is 5.56 Å². The zero-order chi connectivity index (χ0) is 18.8. The van der Waals surface area contributed by atoms with Crippen LogP contribution in [0.4, 0.5) is 0 Å². The lowest BCUT2D eigenvalue weighted by molar-refractivity contribution is -0.137. The first-order valence-corrected chi connectivity index (χ1v) is 9.64. The number of aromatic nitrogens is 2. The number of hydrogen-bond acceptors (Lipinski definition) is 4. The maximum Gasteiger partial charge on any atom is 0.303 e. The molecule has 0 aliphatic heterocycles. The number of benzene rings is 1. The first kappa shape index (κ1) is 18.6. The zero-order valence-electron chi connectivity index (χ0n) is 14.5. The molecule has 1 aromatic carbocycles. The topological polar surface area (TPSA) is 72.2 Å². The minimum Gasteiger partial charge on any atom is -0.481 e. The molecule has 1 N–H and O–H groups in total. The summed E-state index contributed by atoms with van der Waals surface area (Å²) in [7, 11) is 0. The molecule has 26 heavy (non-hydrogen) atoms. The van der Waals surface area contributed by atoms with Gasteiger partial charge in [-0.25, -0.2) is 4.98 Å². The van der Waals surface area contributed by atoms with Crippen LogP contribution >= 0.6 is 22.9 Å². The highest BCUT2D eigenvalue weighted by molar-refractivity contribution is 7.17. The Labute approximate surface area is 159 Å². The van der Waals surface area contributed by atoms with Crippen molar-refractivity contribution >= 4 is 39.1 Å². The van der Waals surface area contributed by atoms with Gasteiger partial charge >= 0.3 is 5.97 Å². The number of fused-ring (bicyclic) bond motifs is 1. The molecule has 0 amide bonds. The molecular formula is C19H19ClN2O3S. The van der Waals surface area contributed by atoms with Crippen LogP contribution in [0.2, 0.25) is 5.02 Å². The fraction of sp³-hybridized carbons (Fsp3) is 0.316. The summed E-state index contributed by atoms with van der Waals surface area (Å²) in [6.45, 7) is 4.31. The number of halogens is 1. The van der Waals surface area contributed by atoms with E-state index in [-0.39, 0.29) is 17.9 Å². The van der Waals surface area contributed by atoms with Gasteiger partial charge in [-0.1, -0.05) is 37.6 Å². The van der Waals surface area contributed by atoms with Crippen molar-refractivity contribution in [2.75, 3.05) is 0 Å². The van der Waals surface area contributed by atoms with Crippen molar-refractivity contribution in [2.24, 2.45) is 0 Å². The lowest BCUT2D eigenvalue weighted by Gasteiger charge is -2.15. The Hall–Kier alpha value is -2.18. The van der Waals surface area contributed by atoms with Crippen LogP contribution in [0, 0.1) is 0 Å². The van der Waals surface area contributed by atoms with Gasteiger partial charge in [0.1, 0.15) is 10.7 Å². The van der Waals surface area contributed by atoms with E-state index in [2.05, 4.69) is 0 Å². The van der Waals surface area contributed by atoms with Crippen LogP contribution in [0.5, 0.6) is 0 Å². The average Bonchev–Trinajstić information content (AvgIpc) is 3.01. The largest absolute Gasteiger partial charge is 0.481 e. The molecule has 7 heteroatoms. The Morgan fingerprint density at radius 2 is 2.00 bits per heavy atom. The molecule has 0 unspecified atom stereocenters. The van der Waals surface area contributed by atoms with E-state index in [1.807, 2.05) is 31.4 Å². The number of carboxylic acid groups (broad SMARTS) is 1. The van der Waals surface area contributed by atoms with Crippen LogP contribution in [0.1, 0.15) is 38.4 Å². The molecule has 5 nitrogen and oxygen atoms in total. The second-order valence-corrected chi connectivity index (χ2v) is 7.71. The third kappa shape index (κ3) is 3.66. The van der Waals surface area contributed by atoms with E-state index in [0.29, 0.717) is 34.0 Å². The second kappa shape index (κ2) is 7.60. The van der Waals surface area contributed by atoms with Crippen molar-refractivity contribution in [2.45, 2.75) is 39.2 Å². The van der Waals surface area contributed by atoms with E-state index in [1.54, 1.807) is 16.7 Å². The summed E-state index contributed by atoms with van der Waals surface area (Å²) in [6, 6.07) is 7.35. The third-order valence-electron chi connectivity index (χ3n) is 4.17. The van der Waals surface area contributed by atoms with Crippen LogP contribution in [-0.2, 0) is 11.3 Å². The summed E-state index contributed by atoms with van der Waals surface area (Å²) < 4.78 is 1.63. The van der Waals surface area contributed by atoms with Crippen LogP contribution in [0.3, 0.4) is 0 Å². The average molecular weight is 391 g/mol. The summed E-state index contributed by atoms with van der Waals surface area (Å²) in [5.74, 6) is -0.106. The fourth-order valence-electron chi connectivity index (χ4n) is 2.93. The maximum absolute atomic E-state index is 13.2. The molecule has 0 saturated heterocycles. The van der Waals surface area contributed by atoms with Gasteiger partial charge in [0.25, 0.3) is 5.56 Å². The monoisotopic (exact) mass is 390 g/mol. The first-order chi connectivity index (χ1) is 12.4. The number of hydrogen-bond donors (Lipinski definition) is 1. The second-order valence-electron chi connectivity index (χ2n) is 6.42. The Morgan fingerprint density at radius 3 is 2.62 bits per heavy atom. The summed E-state index contributed by atoms with van der Waals surface area (Å²) in [4.78, 5) is 29.4. The molecule has 0 aliphatic carbocycles. The summed E-state index contributed by atoms with van der Waals surface area (Å²) in [5, 5.41) is 12.0. The molecule has 2 aromatic heterocycles. The van der Waals surface area contributed by atoms with E-state index in [0.717, 1.165) is 11.1 Å². The van der Waals surface area contributed by atoms with Crippen molar-refractivity contribution in [1.29, 1.82) is 0 Å². The van der Waals surface area contributed by atoms with Gasteiger partial charge in [-0.3, -0.25) is 14.2 Å². The van der Waals surface area contributed by atoms with Crippen LogP contribution in [-0.4, -0.2) is 20.6 Å². The number of nitrogens with zero attached hydrogens (tertiary/aromatic N) is 2. The van der Waals surface area contributed by atoms with Gasteiger partial charge in [-0.2, -0.15) is 0 Å². The molecule has 0 atom stereocenters. The summed E-state index contributed by atoms with van der Waals surface area (Å²) in [6.07, 6.45) is 0.415. The van der Waals surface area contributed by atoms with E-state index in [1.165, 1.54) is 11.3 Å². The predicted molar refractivity (Wildman–Crippen MR) is 105 cm³/mol. The van der Waals surface area contributed by atoms with Gasteiger partial charge in [-0.15, -0.1) is 11.3 Å². The van der Waals surface area contributed by atoms with Crippen molar-refractivity contribution in [3.63, 3.8) is 0 Å². The lowest BCUT2D eigenvalue weighted by Crippen LogP contribution is -2.26. The van der Waals surface area contributed by atoms with E-state index in [4.69, 9.17) is 21.7 Å². The Kier molecular flexibility index (Phi) is 5.44. The number of carbonyl (C=O) groups is 1. The molecule has 0 bridgehead atoms. The quantitative estimate of drug-likeness (QED) is 0.658. The number of carboxylic acids is 1. The Morgan fingerprint density at radius 1 is 1.31 bits per heavy atom. The molecule has 0 saturated carbocycles. The third-order valence-corrected chi connectivity index (χ3v) is 5.29. The number of thiophene rings is 1. The summed E-state index contributed by atoms with van der Waals surface area (Å²) in [5.41, 5.74) is 1.63. The molecule has 136 valence electrons. The minimum absolute atomic E-state index is 0.0235. The van der Waals surface area contributed by atoms with Crippen molar-refractivity contribution in [3.05, 3.63) is 50.8 Å². The highest BCUT2D eigenvalue weighted by Crippen LogP contribution is 2.32. The van der Waals surface area contributed by atoms with E-state index < -0.39 is 5.97 Å². The first-order valence-electron chi connectivity index (χ1n) is 8.38. The molecule has 0 radical (unpaired) electrons. The van der Waals surface area contributed by atoms with Gasteiger partial charge in [0, 0.05) is 34.8 Å². The van der Waals surface area contributed by atoms with Gasteiger partial charge in [0.05, 0.1) is 5.39 Å². The van der Waals surface area contributed by atoms with Gasteiger partial charge < -0.3 is 5.11 Å². The Balaban J connectivity index is 2.15. The van der Waals surface area contributed by atoms with Crippen molar-refractivity contribution < 1.29 is 9.90 Å². The van der Waals surface area contributed by atoms with Crippen molar-refractivity contribution in [3.8, 4) is 11.1 Å². The van der Waals surface area contributed by atoms with Gasteiger partial charge in [0.2, 0.25) is 0 Å². The molecular weight excluding hydrogens is 372 g/mol. The SMILES string of the molecule is CC(C)c1nc2scc(-c3ccc(Cl)cc3)c2c(=O)n1CCCC(=O)O. The number of rotatable bonds is 6. The van der Waals surface area contributed by atoms with Gasteiger partial charge in [-0.05, 0) is 24.1 Å². The number of aliphatic carboxylic acids is 1. The Bertz CT molecular complexity index is 1010. The smallest absolute Gasteiger partial charge is 0.303 e. The van der Waals surface area contributed by atoms with Crippen LogP contribution in [0.15, 0.2) is 34.4 Å². The summed E-state index contributed by atoms with van der Waals surface area (Å²) >= 11 is 7.41. The standard InChI is InChI=1S/C19H19ClN2O3S/c1-11(2)17-21-18-16(19(25)22(17)9-3-4-15(23)24)14(10-26-18)12-5-7-13(20)8-6-12/h5-8,10-11H,3-4,9H2,1-2H3,(H,23,24). The molecule has 0 aliphatic rings. The van der Waals surface area contributed by atoms with Gasteiger partial charge in [0.15, 0.2) is 0 Å². The van der Waals surface area contributed by atoms with Crippen LogP contribution in [0.25, 0.3) is 21.3 Å². The molecule has 2 heterocycles. The lowest BCUT2D eigenvalue weighted by atomic mass is 10.1. The predicted octanol–water partition coefficient (Wildman–Crippen LogP) is 4.77. The highest BCUT2D eigenvalue weighted by Gasteiger charge is 2.18. The molecule has 0 spiro atoms. The normalized spacial score (nSPS) is 11.4. The molecule has 3 aromatic rings. The fourth-order valence-corrected chi connectivity index (χ4v) is 4.00. The zero-order valence-corrected chi connectivity index (χ0v) is 16.1. The van der Waals surface area contributed by atoms with E-state index in [9.17, 15) is 9.59 Å². The van der Waals surface area contributed by atoms with E-state index >= 15 is 0 Å². The van der Waals surface area contributed by atoms with Crippen molar-refractivity contribution in [1.82, 2.24) is 9.55 Å². The highest BCUT2D eigenvalue weighted by atomic mass is 35.5. The minimum atomic E-state index is -0.865. The molecule has 3 rings (SSSR count). The molecule has 0 fully saturated rings. The maximum atomic E-state index is 13.2.